The van der Waals surface area contributed by atoms with Crippen LogP contribution in [0.15, 0.2) is 12.1 Å². The molecule has 0 atom stereocenters. The van der Waals surface area contributed by atoms with Gasteiger partial charge in [0.05, 0.1) is 18.0 Å². The first-order valence-corrected chi connectivity index (χ1v) is 7.15. The van der Waals surface area contributed by atoms with E-state index in [0.29, 0.717) is 12.3 Å². The number of hydrogen-bond donors (Lipinski definition) is 2. The molecule has 114 valence electrons. The van der Waals surface area contributed by atoms with Crippen molar-refractivity contribution >= 4 is 11.4 Å². The third kappa shape index (κ3) is 5.65. The van der Waals surface area contributed by atoms with Gasteiger partial charge in [-0.15, -0.1) is 0 Å². The molecule has 20 heavy (non-hydrogen) atoms. The summed E-state index contributed by atoms with van der Waals surface area (Å²) < 4.78 is 19.0. The molecule has 3 N–H and O–H groups in total. The van der Waals surface area contributed by atoms with E-state index in [1.165, 1.54) is 6.07 Å². The van der Waals surface area contributed by atoms with Gasteiger partial charge < -0.3 is 20.7 Å². The van der Waals surface area contributed by atoms with E-state index in [1.54, 1.807) is 6.07 Å². The number of nitrogens with one attached hydrogen (secondary N) is 1. The van der Waals surface area contributed by atoms with Crippen LogP contribution in [0.5, 0.6) is 5.75 Å². The molecule has 0 aliphatic carbocycles. The molecule has 1 aromatic carbocycles. The highest BCUT2D eigenvalue weighted by Crippen LogP contribution is 2.28. The van der Waals surface area contributed by atoms with Gasteiger partial charge >= 0.3 is 0 Å². The summed E-state index contributed by atoms with van der Waals surface area (Å²) in [5, 5.41) is 3.24. The van der Waals surface area contributed by atoms with Crippen LogP contribution in [0.1, 0.15) is 26.2 Å². The smallest absolute Gasteiger partial charge is 0.167 e. The summed E-state index contributed by atoms with van der Waals surface area (Å²) in [6.07, 6.45) is 3.00. The molecule has 1 rings (SSSR count). The average molecular weight is 283 g/mol. The number of benzene rings is 1. The van der Waals surface area contributed by atoms with Crippen LogP contribution >= 0.6 is 0 Å². The molecule has 0 aromatic heterocycles. The van der Waals surface area contributed by atoms with Crippen molar-refractivity contribution in [2.45, 2.75) is 26.2 Å². The van der Waals surface area contributed by atoms with Crippen molar-refractivity contribution in [3.05, 3.63) is 17.9 Å². The third-order valence-electron chi connectivity index (χ3n) is 2.91. The highest BCUT2D eigenvalue weighted by atomic mass is 19.1. The zero-order chi connectivity index (χ0) is 15.0. The van der Waals surface area contributed by atoms with Crippen LogP contribution in [0.25, 0.3) is 0 Å². The predicted octanol–water partition coefficient (Wildman–Crippen LogP) is 2.95. The SMILES string of the molecule is CCCOc1cc(NCCCCN(C)C)c(N)cc1F. The lowest BCUT2D eigenvalue weighted by Crippen LogP contribution is -2.14. The van der Waals surface area contributed by atoms with E-state index >= 15 is 0 Å². The molecule has 5 heteroatoms. The van der Waals surface area contributed by atoms with Gasteiger partial charge in [0.2, 0.25) is 0 Å². The minimum absolute atomic E-state index is 0.261. The van der Waals surface area contributed by atoms with Crippen molar-refractivity contribution in [1.29, 1.82) is 0 Å². The molecule has 0 saturated heterocycles. The van der Waals surface area contributed by atoms with Gasteiger partial charge in [-0.2, -0.15) is 0 Å². The zero-order valence-electron chi connectivity index (χ0n) is 12.7. The Balaban J connectivity index is 2.51. The maximum Gasteiger partial charge on any atom is 0.167 e. The summed E-state index contributed by atoms with van der Waals surface area (Å²) in [7, 11) is 4.12. The van der Waals surface area contributed by atoms with Gasteiger partial charge in [-0.25, -0.2) is 4.39 Å². The molecule has 0 radical (unpaired) electrons. The lowest BCUT2D eigenvalue weighted by atomic mass is 10.2. The number of rotatable bonds is 9. The molecule has 0 fully saturated rings. The standard InChI is InChI=1S/C15H26FN3O/c1-4-9-20-15-11-14(13(17)10-12(15)16)18-7-5-6-8-19(2)3/h10-11,18H,4-9,17H2,1-3H3. The summed E-state index contributed by atoms with van der Waals surface area (Å²) >= 11 is 0. The van der Waals surface area contributed by atoms with Crippen LogP contribution < -0.4 is 15.8 Å². The molecular formula is C15H26FN3O. The van der Waals surface area contributed by atoms with Gasteiger partial charge in [-0.1, -0.05) is 6.92 Å². The first kappa shape index (κ1) is 16.6. The third-order valence-corrected chi connectivity index (χ3v) is 2.91. The van der Waals surface area contributed by atoms with Crippen molar-refractivity contribution in [1.82, 2.24) is 4.90 Å². The second kappa shape index (κ2) is 8.64. The van der Waals surface area contributed by atoms with Crippen molar-refractivity contribution in [2.24, 2.45) is 0 Å². The van der Waals surface area contributed by atoms with Gasteiger partial charge in [0.1, 0.15) is 0 Å². The Hall–Kier alpha value is -1.49. The lowest BCUT2D eigenvalue weighted by Gasteiger charge is -2.13. The molecule has 1 aromatic rings. The largest absolute Gasteiger partial charge is 0.490 e. The Morgan fingerprint density at radius 3 is 2.70 bits per heavy atom. The molecule has 0 bridgehead atoms. The Bertz CT molecular complexity index is 410. The number of halogens is 1. The molecule has 0 amide bonds. The number of hydrogen-bond acceptors (Lipinski definition) is 4. The van der Waals surface area contributed by atoms with Gasteiger partial charge in [0, 0.05) is 18.7 Å². The topological polar surface area (TPSA) is 50.5 Å². The quantitative estimate of drug-likeness (QED) is 0.540. The molecule has 0 unspecified atom stereocenters. The van der Waals surface area contributed by atoms with E-state index < -0.39 is 5.82 Å². The van der Waals surface area contributed by atoms with Crippen molar-refractivity contribution in [3.63, 3.8) is 0 Å². The van der Waals surface area contributed by atoms with Gasteiger partial charge in [0.15, 0.2) is 11.6 Å². The lowest BCUT2D eigenvalue weighted by molar-refractivity contribution is 0.301. The summed E-state index contributed by atoms with van der Waals surface area (Å²) in [6.45, 7) is 4.37. The summed E-state index contributed by atoms with van der Waals surface area (Å²) in [5.41, 5.74) is 6.97. The maximum atomic E-state index is 13.6. The highest BCUT2D eigenvalue weighted by Gasteiger charge is 2.08. The molecule has 0 aliphatic heterocycles. The summed E-state index contributed by atoms with van der Waals surface area (Å²) in [4.78, 5) is 2.16. The Labute approximate surface area is 121 Å². The summed E-state index contributed by atoms with van der Waals surface area (Å²) in [5.74, 6) is -0.147. The van der Waals surface area contributed by atoms with Crippen LogP contribution in [0.2, 0.25) is 0 Å². The fourth-order valence-corrected chi connectivity index (χ4v) is 1.82. The van der Waals surface area contributed by atoms with E-state index in [0.717, 1.165) is 38.0 Å². The first-order chi connectivity index (χ1) is 9.54. The van der Waals surface area contributed by atoms with Gasteiger partial charge in [-0.3, -0.25) is 0 Å². The zero-order valence-corrected chi connectivity index (χ0v) is 12.7. The second-order valence-electron chi connectivity index (χ2n) is 5.16. The second-order valence-corrected chi connectivity index (χ2v) is 5.16. The highest BCUT2D eigenvalue weighted by molar-refractivity contribution is 5.68. The number of nitrogens with zero attached hydrogens (tertiary/aromatic N) is 1. The Morgan fingerprint density at radius 1 is 1.30 bits per heavy atom. The van der Waals surface area contributed by atoms with Gasteiger partial charge in [0.25, 0.3) is 0 Å². The number of anilines is 2. The van der Waals surface area contributed by atoms with Gasteiger partial charge in [-0.05, 0) is 39.9 Å². The van der Waals surface area contributed by atoms with Crippen LogP contribution in [-0.4, -0.2) is 38.7 Å². The van der Waals surface area contributed by atoms with E-state index in [2.05, 4.69) is 24.3 Å². The minimum Gasteiger partial charge on any atom is -0.490 e. The minimum atomic E-state index is -0.408. The molecule has 0 spiro atoms. The molecule has 0 saturated carbocycles. The van der Waals surface area contributed by atoms with Crippen molar-refractivity contribution < 1.29 is 9.13 Å². The number of unbranched alkanes of at least 4 members (excludes halogenated alkanes) is 1. The Morgan fingerprint density at radius 2 is 2.05 bits per heavy atom. The summed E-state index contributed by atoms with van der Waals surface area (Å²) in [6, 6.07) is 2.96. The van der Waals surface area contributed by atoms with Crippen molar-refractivity contribution in [2.75, 3.05) is 44.8 Å². The Kier molecular flexibility index (Phi) is 7.15. The van der Waals surface area contributed by atoms with E-state index in [-0.39, 0.29) is 5.75 Å². The average Bonchev–Trinajstić information content (AvgIpc) is 2.39. The monoisotopic (exact) mass is 283 g/mol. The van der Waals surface area contributed by atoms with Crippen LogP contribution in [0, 0.1) is 5.82 Å². The molecule has 0 heterocycles. The van der Waals surface area contributed by atoms with E-state index in [4.69, 9.17) is 10.5 Å². The number of ether oxygens (including phenoxy) is 1. The van der Waals surface area contributed by atoms with Crippen LogP contribution in [-0.2, 0) is 0 Å². The maximum absolute atomic E-state index is 13.6. The number of nitrogens with two attached hydrogens (primary N) is 1. The predicted molar refractivity (Wildman–Crippen MR) is 82.9 cm³/mol. The first-order valence-electron chi connectivity index (χ1n) is 7.15. The molecular weight excluding hydrogens is 257 g/mol. The van der Waals surface area contributed by atoms with E-state index in [1.807, 2.05) is 6.92 Å². The van der Waals surface area contributed by atoms with E-state index in [9.17, 15) is 4.39 Å². The molecule has 0 aliphatic rings. The van der Waals surface area contributed by atoms with Crippen molar-refractivity contribution in [3.8, 4) is 5.75 Å². The number of nitrogen functional groups attached to an aromatic ring is 1. The fraction of sp³-hybridized carbons (Fsp3) is 0.600. The normalized spacial score (nSPS) is 10.8. The van der Waals surface area contributed by atoms with Crippen LogP contribution in [0.4, 0.5) is 15.8 Å². The fourth-order valence-electron chi connectivity index (χ4n) is 1.82. The molecule has 4 nitrogen and oxygen atoms in total. The van der Waals surface area contributed by atoms with Crippen LogP contribution in [0.3, 0.4) is 0 Å².